The van der Waals surface area contributed by atoms with Gasteiger partial charge in [-0.05, 0) is 12.8 Å². The predicted octanol–water partition coefficient (Wildman–Crippen LogP) is 3.65. The molecule has 0 aromatic rings. The number of carbonyl (C=O) groups excluding carboxylic acids is 2. The van der Waals surface area contributed by atoms with Crippen molar-refractivity contribution < 1.29 is 14.3 Å². The monoisotopic (exact) mass is 266 g/mol. The Bertz CT molecular complexity index is 266. The van der Waals surface area contributed by atoms with Gasteiger partial charge in [0.25, 0.3) is 0 Å². The highest BCUT2D eigenvalue weighted by Crippen LogP contribution is 2.11. The summed E-state index contributed by atoms with van der Waals surface area (Å²) in [5.74, 6) is 2.09. The van der Waals surface area contributed by atoms with Crippen molar-refractivity contribution in [1.82, 2.24) is 0 Å². The number of hydrogen-bond acceptors (Lipinski definition) is 3. The fourth-order valence-corrected chi connectivity index (χ4v) is 1.93. The summed E-state index contributed by atoms with van der Waals surface area (Å²) in [7, 11) is 0. The molecule has 0 heterocycles. The molecule has 0 saturated heterocycles. The Hall–Kier alpha value is -1.30. The molecule has 0 radical (unpaired) electrons. The van der Waals surface area contributed by atoms with Crippen LogP contribution in [0.2, 0.25) is 0 Å². The van der Waals surface area contributed by atoms with Crippen molar-refractivity contribution in [2.45, 2.75) is 70.6 Å². The Balaban J connectivity index is 3.08. The topological polar surface area (TPSA) is 43.4 Å². The molecule has 0 atom stereocenters. The Morgan fingerprint density at radius 1 is 0.947 bits per heavy atom. The van der Waals surface area contributed by atoms with Crippen LogP contribution in [0.25, 0.3) is 0 Å². The minimum atomic E-state index is -0.187. The second kappa shape index (κ2) is 14.8. The van der Waals surface area contributed by atoms with Crippen LogP contribution < -0.4 is 0 Å². The molecular weight excluding hydrogens is 240 g/mol. The minimum absolute atomic E-state index is 0.0862. The summed E-state index contributed by atoms with van der Waals surface area (Å²) in [6.45, 7) is 0.0862. The Morgan fingerprint density at radius 2 is 1.47 bits per heavy atom. The number of rotatable bonds is 13. The number of aldehydes is 1. The Kier molecular flexibility index (Phi) is 13.7. The van der Waals surface area contributed by atoms with Gasteiger partial charge in [0.15, 0.2) is 6.61 Å². The van der Waals surface area contributed by atoms with Crippen LogP contribution >= 0.6 is 0 Å². The van der Waals surface area contributed by atoms with Crippen molar-refractivity contribution >= 4 is 12.3 Å². The molecule has 0 saturated carbocycles. The molecule has 0 unspecified atom stereocenters. The van der Waals surface area contributed by atoms with Gasteiger partial charge in [0, 0.05) is 12.8 Å². The molecule has 3 heteroatoms. The quantitative estimate of drug-likeness (QED) is 0.221. The SMILES string of the molecule is C#CCOC(=O)CCCCCCCCCCCC=O. The second-order valence-corrected chi connectivity index (χ2v) is 4.75. The van der Waals surface area contributed by atoms with E-state index in [-0.39, 0.29) is 12.6 Å². The highest BCUT2D eigenvalue weighted by atomic mass is 16.5. The summed E-state index contributed by atoms with van der Waals surface area (Å²) >= 11 is 0. The first-order chi connectivity index (χ1) is 9.31. The fourth-order valence-electron chi connectivity index (χ4n) is 1.93. The highest BCUT2D eigenvalue weighted by Gasteiger charge is 2.00. The van der Waals surface area contributed by atoms with E-state index in [9.17, 15) is 9.59 Å². The third-order valence-corrected chi connectivity index (χ3v) is 3.02. The third kappa shape index (κ3) is 14.6. The lowest BCUT2D eigenvalue weighted by molar-refractivity contribution is -0.142. The molecule has 3 nitrogen and oxygen atoms in total. The first-order valence-corrected chi connectivity index (χ1v) is 7.34. The van der Waals surface area contributed by atoms with E-state index in [0.29, 0.717) is 12.8 Å². The van der Waals surface area contributed by atoms with Crippen LogP contribution in [0.15, 0.2) is 0 Å². The zero-order valence-electron chi connectivity index (χ0n) is 11.9. The summed E-state index contributed by atoms with van der Waals surface area (Å²) in [5, 5.41) is 0. The van der Waals surface area contributed by atoms with Crippen LogP contribution in [-0.4, -0.2) is 18.9 Å². The van der Waals surface area contributed by atoms with Crippen molar-refractivity contribution in [1.29, 1.82) is 0 Å². The van der Waals surface area contributed by atoms with Gasteiger partial charge in [0.1, 0.15) is 6.29 Å². The molecule has 0 rings (SSSR count). The van der Waals surface area contributed by atoms with E-state index in [4.69, 9.17) is 11.2 Å². The van der Waals surface area contributed by atoms with Crippen molar-refractivity contribution in [2.75, 3.05) is 6.61 Å². The Morgan fingerprint density at radius 3 is 2.00 bits per heavy atom. The van der Waals surface area contributed by atoms with Crippen molar-refractivity contribution in [3.63, 3.8) is 0 Å². The van der Waals surface area contributed by atoms with Crippen LogP contribution in [0.3, 0.4) is 0 Å². The smallest absolute Gasteiger partial charge is 0.306 e. The van der Waals surface area contributed by atoms with Crippen molar-refractivity contribution in [3.05, 3.63) is 0 Å². The van der Waals surface area contributed by atoms with Crippen molar-refractivity contribution in [3.8, 4) is 12.3 Å². The summed E-state index contributed by atoms with van der Waals surface area (Å²) in [4.78, 5) is 21.2. The average molecular weight is 266 g/mol. The maximum Gasteiger partial charge on any atom is 0.306 e. The number of hydrogen-bond donors (Lipinski definition) is 0. The average Bonchev–Trinajstić information content (AvgIpc) is 2.42. The lowest BCUT2D eigenvalue weighted by Gasteiger charge is -2.02. The van der Waals surface area contributed by atoms with E-state index in [1.165, 1.54) is 38.5 Å². The summed E-state index contributed by atoms with van der Waals surface area (Å²) < 4.78 is 4.78. The number of unbranched alkanes of at least 4 members (excludes halogenated alkanes) is 9. The molecule has 0 aromatic carbocycles. The van der Waals surface area contributed by atoms with E-state index in [1.807, 2.05) is 0 Å². The van der Waals surface area contributed by atoms with Crippen LogP contribution in [0.4, 0.5) is 0 Å². The maximum atomic E-state index is 11.1. The number of esters is 1. The van der Waals surface area contributed by atoms with E-state index in [0.717, 1.165) is 25.5 Å². The second-order valence-electron chi connectivity index (χ2n) is 4.75. The Labute approximate surface area is 117 Å². The molecule has 0 aromatic heterocycles. The summed E-state index contributed by atoms with van der Waals surface area (Å²) in [5.41, 5.74) is 0. The third-order valence-electron chi connectivity index (χ3n) is 3.02. The van der Waals surface area contributed by atoms with Gasteiger partial charge in [0.05, 0.1) is 0 Å². The molecule has 0 aliphatic carbocycles. The summed E-state index contributed by atoms with van der Waals surface area (Å²) in [6, 6.07) is 0. The molecule has 0 spiro atoms. The van der Waals surface area contributed by atoms with E-state index in [2.05, 4.69) is 5.92 Å². The molecule has 0 aliphatic heterocycles. The van der Waals surface area contributed by atoms with E-state index in [1.54, 1.807) is 0 Å². The first-order valence-electron chi connectivity index (χ1n) is 7.34. The molecule has 19 heavy (non-hydrogen) atoms. The van der Waals surface area contributed by atoms with Gasteiger partial charge in [-0.1, -0.05) is 50.9 Å². The standard InChI is InChI=1S/C16H26O3/c1-2-15-19-16(18)13-11-9-7-5-3-4-6-8-10-12-14-17/h1,14H,3-13,15H2. The predicted molar refractivity (Wildman–Crippen MR) is 76.6 cm³/mol. The minimum Gasteiger partial charge on any atom is -0.452 e. The van der Waals surface area contributed by atoms with Gasteiger partial charge in [-0.3, -0.25) is 4.79 Å². The molecule has 0 fully saturated rings. The zero-order valence-corrected chi connectivity index (χ0v) is 11.9. The van der Waals surface area contributed by atoms with Crippen LogP contribution in [0.1, 0.15) is 70.6 Å². The normalized spacial score (nSPS) is 9.84. The molecule has 0 aliphatic rings. The molecule has 0 bridgehead atoms. The lowest BCUT2D eigenvalue weighted by atomic mass is 10.1. The zero-order chi connectivity index (χ0) is 14.2. The van der Waals surface area contributed by atoms with Gasteiger partial charge >= 0.3 is 5.97 Å². The number of ether oxygens (including phenoxy) is 1. The van der Waals surface area contributed by atoms with Gasteiger partial charge < -0.3 is 9.53 Å². The van der Waals surface area contributed by atoms with Gasteiger partial charge in [-0.25, -0.2) is 0 Å². The van der Waals surface area contributed by atoms with Crippen molar-refractivity contribution in [2.24, 2.45) is 0 Å². The van der Waals surface area contributed by atoms with Crippen LogP contribution in [0, 0.1) is 12.3 Å². The van der Waals surface area contributed by atoms with E-state index >= 15 is 0 Å². The van der Waals surface area contributed by atoms with E-state index < -0.39 is 0 Å². The molecule has 0 N–H and O–H groups in total. The fraction of sp³-hybridized carbons (Fsp3) is 0.750. The molecular formula is C16H26O3. The van der Waals surface area contributed by atoms with Crippen LogP contribution in [-0.2, 0) is 14.3 Å². The van der Waals surface area contributed by atoms with Crippen LogP contribution in [0.5, 0.6) is 0 Å². The molecule has 108 valence electrons. The first kappa shape index (κ1) is 17.7. The highest BCUT2D eigenvalue weighted by molar-refractivity contribution is 5.69. The lowest BCUT2D eigenvalue weighted by Crippen LogP contribution is -2.03. The largest absolute Gasteiger partial charge is 0.452 e. The summed E-state index contributed by atoms with van der Waals surface area (Å²) in [6.07, 6.45) is 17.5. The number of carbonyl (C=O) groups is 2. The van der Waals surface area contributed by atoms with Gasteiger partial charge in [-0.15, -0.1) is 6.42 Å². The number of terminal acetylenes is 1. The van der Waals surface area contributed by atoms with Gasteiger partial charge in [0.2, 0.25) is 0 Å². The maximum absolute atomic E-state index is 11.1. The van der Waals surface area contributed by atoms with Gasteiger partial charge in [-0.2, -0.15) is 0 Å². The molecule has 0 amide bonds.